The van der Waals surface area contributed by atoms with Crippen LogP contribution >= 0.6 is 11.6 Å². The van der Waals surface area contributed by atoms with Gasteiger partial charge in [0.25, 0.3) is 11.8 Å². The maximum atomic E-state index is 12.8. The van der Waals surface area contributed by atoms with E-state index in [9.17, 15) is 9.59 Å². The van der Waals surface area contributed by atoms with Crippen LogP contribution in [0.3, 0.4) is 0 Å². The summed E-state index contributed by atoms with van der Waals surface area (Å²) in [4.78, 5) is 29.5. The summed E-state index contributed by atoms with van der Waals surface area (Å²) in [5, 5.41) is 5.91. The molecular weight excluding hydrogens is 368 g/mol. The first kappa shape index (κ1) is 18.7. The van der Waals surface area contributed by atoms with Crippen LogP contribution in [0, 0.1) is 0 Å². The lowest BCUT2D eigenvalue weighted by Gasteiger charge is -2.07. The number of benzene rings is 1. The molecule has 2 N–H and O–H groups in total. The molecule has 3 rings (SSSR count). The summed E-state index contributed by atoms with van der Waals surface area (Å²) in [6.45, 7) is 3.71. The molecule has 0 spiro atoms. The maximum absolute atomic E-state index is 12.8. The molecule has 1 aromatic carbocycles. The molecule has 140 valence electrons. The van der Waals surface area contributed by atoms with Gasteiger partial charge < -0.3 is 15.4 Å². The van der Waals surface area contributed by atoms with Crippen molar-refractivity contribution in [3.8, 4) is 5.75 Å². The van der Waals surface area contributed by atoms with Crippen molar-refractivity contribution in [1.82, 2.24) is 14.7 Å². The fraction of sp³-hybridized carbons (Fsp3) is 0.211. The number of hydrogen-bond donors (Lipinski definition) is 2. The highest BCUT2D eigenvalue weighted by Gasteiger charge is 2.22. The van der Waals surface area contributed by atoms with Crippen molar-refractivity contribution in [3.63, 3.8) is 0 Å². The van der Waals surface area contributed by atoms with E-state index in [0.717, 1.165) is 0 Å². The Labute approximate surface area is 161 Å². The predicted molar refractivity (Wildman–Crippen MR) is 104 cm³/mol. The van der Waals surface area contributed by atoms with E-state index in [-0.39, 0.29) is 23.5 Å². The number of rotatable bonds is 5. The Morgan fingerprint density at radius 3 is 2.63 bits per heavy atom. The van der Waals surface area contributed by atoms with Gasteiger partial charge in [-0.15, -0.1) is 0 Å². The summed E-state index contributed by atoms with van der Waals surface area (Å²) in [6.07, 6.45) is 1.69. The Hall–Kier alpha value is -3.06. The van der Waals surface area contributed by atoms with Gasteiger partial charge >= 0.3 is 0 Å². The molecule has 2 aromatic heterocycles. The third kappa shape index (κ3) is 3.88. The van der Waals surface area contributed by atoms with Crippen LogP contribution < -0.4 is 15.4 Å². The Balaban J connectivity index is 1.95. The Kier molecular flexibility index (Phi) is 5.32. The lowest BCUT2D eigenvalue weighted by Crippen LogP contribution is -2.31. The largest absolute Gasteiger partial charge is 0.495 e. The molecule has 0 atom stereocenters. The van der Waals surface area contributed by atoms with Crippen LogP contribution in [0.1, 0.15) is 35.0 Å². The number of anilines is 1. The van der Waals surface area contributed by atoms with E-state index in [1.54, 1.807) is 47.0 Å². The number of pyridine rings is 1. The van der Waals surface area contributed by atoms with E-state index >= 15 is 0 Å². The molecule has 27 heavy (non-hydrogen) atoms. The zero-order valence-electron chi connectivity index (χ0n) is 15.1. The molecule has 3 aromatic rings. The molecule has 0 aliphatic rings. The smallest absolute Gasteiger partial charge is 0.287 e. The lowest BCUT2D eigenvalue weighted by atomic mass is 10.2. The van der Waals surface area contributed by atoms with Crippen molar-refractivity contribution in [3.05, 3.63) is 59.1 Å². The van der Waals surface area contributed by atoms with Crippen molar-refractivity contribution in [2.24, 2.45) is 0 Å². The molecule has 0 saturated carbocycles. The number of hydrogen-bond acceptors (Lipinski definition) is 4. The predicted octanol–water partition coefficient (Wildman–Crippen LogP) is 3.39. The van der Waals surface area contributed by atoms with Crippen LogP contribution in [0.5, 0.6) is 5.75 Å². The van der Waals surface area contributed by atoms with Crippen molar-refractivity contribution < 1.29 is 14.3 Å². The van der Waals surface area contributed by atoms with E-state index in [1.807, 2.05) is 13.8 Å². The first-order valence-corrected chi connectivity index (χ1v) is 8.71. The van der Waals surface area contributed by atoms with Crippen LogP contribution in [0.25, 0.3) is 5.52 Å². The highest BCUT2D eigenvalue weighted by atomic mass is 35.5. The number of halogens is 1. The van der Waals surface area contributed by atoms with Crippen molar-refractivity contribution in [2.45, 2.75) is 19.9 Å². The van der Waals surface area contributed by atoms with Crippen LogP contribution in [0.2, 0.25) is 5.02 Å². The summed E-state index contributed by atoms with van der Waals surface area (Å²) in [5.41, 5.74) is 1.18. The number of carbonyl (C=O) groups excluding carboxylic acids is 2. The number of ether oxygens (including phenoxy) is 1. The van der Waals surface area contributed by atoms with Crippen molar-refractivity contribution >= 4 is 34.6 Å². The summed E-state index contributed by atoms with van der Waals surface area (Å²) >= 11 is 6.10. The van der Waals surface area contributed by atoms with Gasteiger partial charge in [0.2, 0.25) is 5.82 Å². The molecule has 0 saturated heterocycles. The number of nitrogens with zero attached hydrogens (tertiary/aromatic N) is 2. The molecule has 0 aliphatic heterocycles. The lowest BCUT2D eigenvalue weighted by molar-refractivity contribution is 0.0932. The molecule has 7 nitrogen and oxygen atoms in total. The average Bonchev–Trinajstić information content (AvgIpc) is 3.01. The number of carbonyl (C=O) groups is 2. The van der Waals surface area contributed by atoms with E-state index in [1.165, 1.54) is 7.11 Å². The highest BCUT2D eigenvalue weighted by molar-refractivity contribution is 6.32. The minimum absolute atomic E-state index is 0.0488. The molecule has 0 radical (unpaired) electrons. The molecular formula is C19H19ClN4O3. The quantitative estimate of drug-likeness (QED) is 0.704. The Morgan fingerprint density at radius 1 is 1.19 bits per heavy atom. The second kappa shape index (κ2) is 7.67. The zero-order chi connectivity index (χ0) is 19.6. The number of nitrogens with one attached hydrogen (secondary N) is 2. The molecule has 0 fully saturated rings. The van der Waals surface area contributed by atoms with Gasteiger partial charge in [0.1, 0.15) is 5.75 Å². The van der Waals surface area contributed by atoms with Gasteiger partial charge in [-0.05, 0) is 44.2 Å². The van der Waals surface area contributed by atoms with E-state index < -0.39 is 5.91 Å². The van der Waals surface area contributed by atoms with Crippen molar-refractivity contribution in [2.75, 3.05) is 12.4 Å². The van der Waals surface area contributed by atoms with Gasteiger partial charge in [-0.3, -0.25) is 14.0 Å². The van der Waals surface area contributed by atoms with Gasteiger partial charge in [-0.2, -0.15) is 0 Å². The number of fused-ring (bicyclic) bond motifs is 1. The number of amides is 2. The first-order chi connectivity index (χ1) is 12.9. The third-order valence-electron chi connectivity index (χ3n) is 3.80. The molecule has 0 bridgehead atoms. The fourth-order valence-corrected chi connectivity index (χ4v) is 2.88. The molecule has 2 amide bonds. The van der Waals surface area contributed by atoms with Gasteiger partial charge in [-0.1, -0.05) is 17.7 Å². The van der Waals surface area contributed by atoms with Crippen LogP contribution in [-0.4, -0.2) is 34.4 Å². The van der Waals surface area contributed by atoms with Gasteiger partial charge in [0, 0.05) is 17.9 Å². The van der Waals surface area contributed by atoms with Crippen LogP contribution in [-0.2, 0) is 0 Å². The minimum Gasteiger partial charge on any atom is -0.495 e. The molecule has 0 unspecified atom stereocenters. The molecule has 2 heterocycles. The van der Waals surface area contributed by atoms with Crippen LogP contribution in [0.15, 0.2) is 42.6 Å². The molecule has 8 heteroatoms. The maximum Gasteiger partial charge on any atom is 0.287 e. The van der Waals surface area contributed by atoms with Gasteiger partial charge in [-0.25, -0.2) is 4.98 Å². The third-order valence-corrected chi connectivity index (χ3v) is 4.09. The second-order valence-corrected chi connectivity index (χ2v) is 6.58. The number of imidazole rings is 1. The topological polar surface area (TPSA) is 84.7 Å². The first-order valence-electron chi connectivity index (χ1n) is 8.33. The van der Waals surface area contributed by atoms with Crippen LogP contribution in [0.4, 0.5) is 5.69 Å². The number of aromatic nitrogens is 2. The van der Waals surface area contributed by atoms with Gasteiger partial charge in [0.15, 0.2) is 5.69 Å². The average molecular weight is 387 g/mol. The number of methoxy groups -OCH3 is 1. The fourth-order valence-electron chi connectivity index (χ4n) is 2.63. The summed E-state index contributed by atoms with van der Waals surface area (Å²) < 4.78 is 6.69. The normalized spacial score (nSPS) is 10.9. The van der Waals surface area contributed by atoms with E-state index in [0.29, 0.717) is 22.0 Å². The SMILES string of the molecule is COc1ccc(NC(=O)c2nc(C(=O)NC(C)C)n3ccccc23)cc1Cl. The highest BCUT2D eigenvalue weighted by Crippen LogP contribution is 2.27. The summed E-state index contributed by atoms with van der Waals surface area (Å²) in [7, 11) is 1.51. The Bertz CT molecular complexity index is 1010. The summed E-state index contributed by atoms with van der Waals surface area (Å²) in [5.74, 6) is -0.131. The standard InChI is InChI=1S/C19H19ClN4O3/c1-11(2)21-19(26)17-23-16(14-6-4-5-9-24(14)17)18(25)22-12-7-8-15(27-3)13(20)10-12/h4-11H,1-3H3,(H,21,26)(H,22,25). The Morgan fingerprint density at radius 2 is 1.96 bits per heavy atom. The minimum atomic E-state index is -0.441. The van der Waals surface area contributed by atoms with Gasteiger partial charge in [0.05, 0.1) is 17.6 Å². The zero-order valence-corrected chi connectivity index (χ0v) is 15.9. The van der Waals surface area contributed by atoms with E-state index in [2.05, 4.69) is 15.6 Å². The van der Waals surface area contributed by atoms with E-state index in [4.69, 9.17) is 16.3 Å². The second-order valence-electron chi connectivity index (χ2n) is 6.17. The summed E-state index contributed by atoms with van der Waals surface area (Å²) in [6, 6.07) is 10.1. The molecule has 0 aliphatic carbocycles. The monoisotopic (exact) mass is 386 g/mol. The van der Waals surface area contributed by atoms with Crippen molar-refractivity contribution in [1.29, 1.82) is 0 Å².